The summed E-state index contributed by atoms with van der Waals surface area (Å²) in [7, 11) is 0. The van der Waals surface area contributed by atoms with E-state index in [9.17, 15) is 14.7 Å². The first-order chi connectivity index (χ1) is 8.09. The van der Waals surface area contributed by atoms with Gasteiger partial charge in [-0.1, -0.05) is 30.3 Å². The number of carbonyl (C=O) groups is 1. The maximum Gasteiger partial charge on any atom is 0.267 e. The number of aromatic amines is 1. The summed E-state index contributed by atoms with van der Waals surface area (Å²) in [6, 6.07) is 8.74. The fourth-order valence-corrected chi connectivity index (χ4v) is 1.42. The van der Waals surface area contributed by atoms with Crippen LogP contribution in [0.5, 0.6) is 5.88 Å². The Kier molecular flexibility index (Phi) is 2.61. The Hall–Kier alpha value is -2.63. The van der Waals surface area contributed by atoms with Crippen LogP contribution in [-0.4, -0.2) is 21.0 Å². The van der Waals surface area contributed by atoms with Gasteiger partial charge in [-0.2, -0.15) is 4.98 Å². The fraction of sp³-hybridized carbons (Fsp3) is 0. The highest BCUT2D eigenvalue weighted by Crippen LogP contribution is 2.16. The number of benzene rings is 1. The Morgan fingerprint density at radius 3 is 2.47 bits per heavy atom. The van der Waals surface area contributed by atoms with Crippen molar-refractivity contribution in [1.29, 1.82) is 0 Å². The summed E-state index contributed by atoms with van der Waals surface area (Å²) < 4.78 is 0. The van der Waals surface area contributed by atoms with Crippen LogP contribution in [0.2, 0.25) is 0 Å². The SMILES string of the molecule is NC(=O)c1c(O)nc(-c2ccccc2)[nH]c1=O. The second-order valence-electron chi connectivity index (χ2n) is 3.34. The number of nitrogens with one attached hydrogen (secondary N) is 1. The maximum absolute atomic E-state index is 11.5. The van der Waals surface area contributed by atoms with Gasteiger partial charge in [-0.15, -0.1) is 0 Å². The minimum Gasteiger partial charge on any atom is -0.493 e. The average Bonchev–Trinajstić information content (AvgIpc) is 2.28. The molecule has 0 fully saturated rings. The lowest BCUT2D eigenvalue weighted by molar-refractivity contribution is 0.0995. The van der Waals surface area contributed by atoms with E-state index in [0.29, 0.717) is 5.56 Å². The minimum atomic E-state index is -1.02. The molecule has 1 heterocycles. The van der Waals surface area contributed by atoms with Crippen molar-refractivity contribution in [1.82, 2.24) is 9.97 Å². The lowest BCUT2D eigenvalue weighted by Gasteiger charge is -2.03. The number of primary amides is 1. The molecule has 6 heteroatoms. The number of hydrogen-bond acceptors (Lipinski definition) is 4. The first kappa shape index (κ1) is 10.9. The molecule has 1 amide bonds. The number of hydrogen-bond donors (Lipinski definition) is 3. The number of amides is 1. The average molecular weight is 231 g/mol. The van der Waals surface area contributed by atoms with E-state index in [2.05, 4.69) is 9.97 Å². The Labute approximate surface area is 95.7 Å². The lowest BCUT2D eigenvalue weighted by atomic mass is 10.2. The van der Waals surface area contributed by atoms with E-state index in [-0.39, 0.29) is 5.82 Å². The van der Waals surface area contributed by atoms with E-state index in [4.69, 9.17) is 5.73 Å². The van der Waals surface area contributed by atoms with Crippen LogP contribution >= 0.6 is 0 Å². The van der Waals surface area contributed by atoms with Crippen molar-refractivity contribution in [3.05, 3.63) is 46.2 Å². The van der Waals surface area contributed by atoms with Crippen molar-refractivity contribution < 1.29 is 9.90 Å². The fourth-order valence-electron chi connectivity index (χ4n) is 1.42. The standard InChI is InChI=1S/C11H9N3O3/c12-8(15)7-10(16)13-9(14-11(7)17)6-4-2-1-3-5-6/h1-5H,(H2,12,15)(H2,13,14,16,17). The molecule has 0 bridgehead atoms. The maximum atomic E-state index is 11.5. The summed E-state index contributed by atoms with van der Waals surface area (Å²) in [5, 5.41) is 9.47. The van der Waals surface area contributed by atoms with Crippen LogP contribution in [0, 0.1) is 0 Å². The summed E-state index contributed by atoms with van der Waals surface area (Å²) in [5.41, 5.74) is 4.27. The van der Waals surface area contributed by atoms with E-state index in [1.165, 1.54) is 0 Å². The number of nitrogens with two attached hydrogens (primary N) is 1. The zero-order chi connectivity index (χ0) is 12.4. The predicted molar refractivity (Wildman–Crippen MR) is 60.5 cm³/mol. The second-order valence-corrected chi connectivity index (χ2v) is 3.34. The molecule has 0 radical (unpaired) electrons. The second kappa shape index (κ2) is 4.09. The van der Waals surface area contributed by atoms with Crippen LogP contribution in [0.1, 0.15) is 10.4 Å². The molecule has 0 aliphatic rings. The van der Waals surface area contributed by atoms with Gasteiger partial charge in [-0.25, -0.2) is 0 Å². The Balaban J connectivity index is 2.62. The first-order valence-electron chi connectivity index (χ1n) is 4.78. The number of carbonyl (C=O) groups excluding carboxylic acids is 1. The summed E-state index contributed by atoms with van der Waals surface area (Å²) >= 11 is 0. The molecule has 0 aliphatic heterocycles. The Morgan fingerprint density at radius 2 is 1.94 bits per heavy atom. The van der Waals surface area contributed by atoms with Gasteiger partial charge in [0.05, 0.1) is 0 Å². The van der Waals surface area contributed by atoms with Crippen LogP contribution in [-0.2, 0) is 0 Å². The molecule has 4 N–H and O–H groups in total. The zero-order valence-corrected chi connectivity index (χ0v) is 8.68. The highest BCUT2D eigenvalue weighted by molar-refractivity contribution is 5.94. The third-order valence-corrected chi connectivity index (χ3v) is 2.19. The van der Waals surface area contributed by atoms with Crippen molar-refractivity contribution in [2.24, 2.45) is 5.73 Å². The smallest absolute Gasteiger partial charge is 0.267 e. The van der Waals surface area contributed by atoms with Gasteiger partial charge in [-0.05, 0) is 0 Å². The predicted octanol–water partition coefficient (Wildman–Crippen LogP) is 0.241. The van der Waals surface area contributed by atoms with E-state index in [1.807, 2.05) is 0 Å². The molecule has 0 aliphatic carbocycles. The molecule has 2 aromatic rings. The van der Waals surface area contributed by atoms with Crippen LogP contribution in [0.4, 0.5) is 0 Å². The topological polar surface area (TPSA) is 109 Å². The lowest BCUT2D eigenvalue weighted by Crippen LogP contribution is -2.24. The third-order valence-electron chi connectivity index (χ3n) is 2.19. The Morgan fingerprint density at radius 1 is 1.29 bits per heavy atom. The number of aromatic nitrogens is 2. The molecule has 0 unspecified atom stereocenters. The Bertz CT molecular complexity index is 620. The molecule has 1 aromatic heterocycles. The molecule has 0 saturated heterocycles. The van der Waals surface area contributed by atoms with Crippen LogP contribution < -0.4 is 11.3 Å². The summed E-state index contributed by atoms with van der Waals surface area (Å²) in [5.74, 6) is -1.51. The van der Waals surface area contributed by atoms with Crippen molar-refractivity contribution in [2.75, 3.05) is 0 Å². The van der Waals surface area contributed by atoms with E-state index >= 15 is 0 Å². The molecule has 17 heavy (non-hydrogen) atoms. The van der Waals surface area contributed by atoms with E-state index in [1.54, 1.807) is 30.3 Å². The third kappa shape index (κ3) is 2.00. The van der Waals surface area contributed by atoms with Gasteiger partial charge >= 0.3 is 0 Å². The quantitative estimate of drug-likeness (QED) is 0.687. The molecule has 0 spiro atoms. The van der Waals surface area contributed by atoms with Crippen LogP contribution in [0.25, 0.3) is 11.4 Å². The molecule has 1 aromatic carbocycles. The molecule has 0 saturated carbocycles. The van der Waals surface area contributed by atoms with Gasteiger partial charge in [0.15, 0.2) is 5.56 Å². The molecule has 6 nitrogen and oxygen atoms in total. The highest BCUT2D eigenvalue weighted by Gasteiger charge is 2.16. The molecular formula is C11H9N3O3. The van der Waals surface area contributed by atoms with Crippen molar-refractivity contribution in [3.8, 4) is 17.3 Å². The molecule has 2 rings (SSSR count). The van der Waals surface area contributed by atoms with Gasteiger partial charge in [0, 0.05) is 5.56 Å². The summed E-state index contributed by atoms with van der Waals surface area (Å²) in [6.45, 7) is 0. The summed E-state index contributed by atoms with van der Waals surface area (Å²) in [6.07, 6.45) is 0. The molecule has 0 atom stereocenters. The van der Waals surface area contributed by atoms with Gasteiger partial charge < -0.3 is 15.8 Å². The molecule has 86 valence electrons. The largest absolute Gasteiger partial charge is 0.493 e. The number of nitrogens with zero attached hydrogens (tertiary/aromatic N) is 1. The molecular weight excluding hydrogens is 222 g/mol. The number of H-pyrrole nitrogens is 1. The van der Waals surface area contributed by atoms with Crippen LogP contribution in [0.3, 0.4) is 0 Å². The normalized spacial score (nSPS) is 10.1. The van der Waals surface area contributed by atoms with E-state index in [0.717, 1.165) is 0 Å². The van der Waals surface area contributed by atoms with Gasteiger partial charge in [0.2, 0.25) is 5.88 Å². The summed E-state index contributed by atoms with van der Waals surface area (Å²) in [4.78, 5) is 28.5. The van der Waals surface area contributed by atoms with E-state index < -0.39 is 22.9 Å². The van der Waals surface area contributed by atoms with Crippen molar-refractivity contribution in [2.45, 2.75) is 0 Å². The van der Waals surface area contributed by atoms with Gasteiger partial charge in [0.1, 0.15) is 5.82 Å². The monoisotopic (exact) mass is 231 g/mol. The van der Waals surface area contributed by atoms with Crippen LogP contribution in [0.15, 0.2) is 35.1 Å². The highest BCUT2D eigenvalue weighted by atomic mass is 16.3. The number of rotatable bonds is 2. The van der Waals surface area contributed by atoms with Gasteiger partial charge in [-0.3, -0.25) is 9.59 Å². The minimum absolute atomic E-state index is 0.179. The number of aromatic hydroxyl groups is 1. The zero-order valence-electron chi connectivity index (χ0n) is 8.68. The van der Waals surface area contributed by atoms with Crippen molar-refractivity contribution >= 4 is 5.91 Å². The van der Waals surface area contributed by atoms with Gasteiger partial charge in [0.25, 0.3) is 11.5 Å². The first-order valence-corrected chi connectivity index (χ1v) is 4.78. The van der Waals surface area contributed by atoms with Crippen molar-refractivity contribution in [3.63, 3.8) is 0 Å².